The van der Waals surface area contributed by atoms with Crippen molar-refractivity contribution in [1.29, 1.82) is 0 Å². The van der Waals surface area contributed by atoms with Gasteiger partial charge in [0, 0.05) is 16.7 Å². The van der Waals surface area contributed by atoms with Crippen molar-refractivity contribution in [3.05, 3.63) is 53.1 Å². The Morgan fingerprint density at radius 2 is 1.10 bits per heavy atom. The maximum atomic E-state index is 12.7. The number of benzene rings is 2. The third kappa shape index (κ3) is 12.7. The highest BCUT2D eigenvalue weighted by Crippen LogP contribution is 2.31. The van der Waals surface area contributed by atoms with Gasteiger partial charge in [0.2, 0.25) is 0 Å². The molecular formula is C35H53NO6. The van der Waals surface area contributed by atoms with Gasteiger partial charge in [0.05, 0.1) is 32.8 Å². The summed E-state index contributed by atoms with van der Waals surface area (Å²) in [5.41, 5.74) is 2.38. The van der Waals surface area contributed by atoms with Gasteiger partial charge in [-0.25, -0.2) is 0 Å². The van der Waals surface area contributed by atoms with Crippen LogP contribution in [0.1, 0.15) is 97.8 Å². The smallest absolute Gasteiger partial charge is 0.310 e. The largest absolute Gasteiger partial charge is 0.493 e. The maximum Gasteiger partial charge on any atom is 0.310 e. The molecule has 1 N–H and O–H groups in total. The van der Waals surface area contributed by atoms with Crippen LogP contribution in [-0.4, -0.2) is 43.3 Å². The third-order valence-electron chi connectivity index (χ3n) is 6.80. The Kier molecular flexibility index (Phi) is 15.3. The molecule has 0 spiro atoms. The first-order valence-corrected chi connectivity index (χ1v) is 15.5. The Morgan fingerprint density at radius 3 is 1.62 bits per heavy atom. The van der Waals surface area contributed by atoms with Gasteiger partial charge in [-0.1, -0.05) is 60.5 Å². The molecule has 0 saturated heterocycles. The molecule has 0 heterocycles. The van der Waals surface area contributed by atoms with Gasteiger partial charge < -0.3 is 24.2 Å². The number of carbonyl (C=O) groups excluding carboxylic acids is 1. The monoisotopic (exact) mass is 583 g/mol. The van der Waals surface area contributed by atoms with E-state index in [9.17, 15) is 10.0 Å². The van der Waals surface area contributed by atoms with Crippen molar-refractivity contribution in [1.82, 2.24) is 0 Å². The highest BCUT2D eigenvalue weighted by molar-refractivity contribution is 6.13. The minimum atomic E-state index is -0.312. The third-order valence-corrected chi connectivity index (χ3v) is 6.80. The predicted octanol–water partition coefficient (Wildman–Crippen LogP) is 8.32. The zero-order chi connectivity index (χ0) is 31.1. The summed E-state index contributed by atoms with van der Waals surface area (Å²) in [6.07, 6.45) is 3.61. The van der Waals surface area contributed by atoms with E-state index in [1.807, 2.05) is 36.4 Å². The van der Waals surface area contributed by atoms with Gasteiger partial charge in [-0.15, -0.1) is 0 Å². The summed E-state index contributed by atoms with van der Waals surface area (Å²) >= 11 is 0. The Bertz CT molecular complexity index is 1120. The Balaban J connectivity index is 2.37. The highest BCUT2D eigenvalue weighted by atomic mass is 16.5. The summed E-state index contributed by atoms with van der Waals surface area (Å²) in [4.78, 5) is 12.7. The van der Waals surface area contributed by atoms with Gasteiger partial charge in [-0.05, 0) is 85.8 Å². The van der Waals surface area contributed by atoms with Crippen molar-refractivity contribution < 1.29 is 28.9 Å². The number of hydrogen-bond acceptors (Lipinski definition) is 7. The van der Waals surface area contributed by atoms with Gasteiger partial charge in [-0.3, -0.25) is 4.79 Å². The molecule has 7 heteroatoms. The second kappa shape index (κ2) is 18.3. The second-order valence-electron chi connectivity index (χ2n) is 12.6. The summed E-state index contributed by atoms with van der Waals surface area (Å²) in [5.74, 6) is 3.57. The number of hydrogen-bond donors (Lipinski definition) is 1. The summed E-state index contributed by atoms with van der Waals surface area (Å²) < 4.78 is 23.8. The highest BCUT2D eigenvalue weighted by Gasteiger charge is 2.18. The number of esters is 1. The molecule has 2 aromatic carbocycles. The average Bonchev–Trinajstić information content (AvgIpc) is 2.90. The zero-order valence-electron chi connectivity index (χ0n) is 27.1. The molecule has 0 aliphatic rings. The molecule has 0 fully saturated rings. The lowest BCUT2D eigenvalue weighted by Crippen LogP contribution is -2.13. The van der Waals surface area contributed by atoms with Crippen LogP contribution in [0.2, 0.25) is 0 Å². The Labute approximate surface area is 253 Å². The summed E-state index contributed by atoms with van der Waals surface area (Å²) in [5, 5.41) is 13.8. The lowest BCUT2D eigenvalue weighted by Gasteiger charge is -2.17. The number of oxime groups is 1. The summed E-state index contributed by atoms with van der Waals surface area (Å²) in [6, 6.07) is 11.1. The summed E-state index contributed by atoms with van der Waals surface area (Å²) in [7, 11) is 0. The average molecular weight is 584 g/mol. The molecule has 42 heavy (non-hydrogen) atoms. The quantitative estimate of drug-likeness (QED) is 0.0774. The van der Waals surface area contributed by atoms with Crippen molar-refractivity contribution in [3.8, 4) is 17.2 Å². The van der Waals surface area contributed by atoms with E-state index in [4.69, 9.17) is 18.9 Å². The van der Waals surface area contributed by atoms with E-state index in [0.29, 0.717) is 89.7 Å². The first kappa shape index (κ1) is 35.0. The summed E-state index contributed by atoms with van der Waals surface area (Å²) in [6.45, 7) is 19.2. The van der Waals surface area contributed by atoms with Crippen molar-refractivity contribution in [3.63, 3.8) is 0 Å². The number of nitrogens with zero attached hydrogens (tertiary/aromatic N) is 1. The molecular weight excluding hydrogens is 530 g/mol. The van der Waals surface area contributed by atoms with E-state index in [1.54, 1.807) is 0 Å². The number of rotatable bonds is 19. The van der Waals surface area contributed by atoms with E-state index >= 15 is 0 Å². The molecule has 7 nitrogen and oxygen atoms in total. The van der Waals surface area contributed by atoms with Gasteiger partial charge in [-0.2, -0.15) is 0 Å². The Morgan fingerprint density at radius 1 is 0.643 bits per heavy atom. The van der Waals surface area contributed by atoms with Crippen LogP contribution in [-0.2, 0) is 16.0 Å². The molecule has 0 aromatic heterocycles. The lowest BCUT2D eigenvalue weighted by atomic mass is 9.98. The number of carbonyl (C=O) groups is 1. The molecule has 0 amide bonds. The Hall–Kier alpha value is -3.22. The van der Waals surface area contributed by atoms with Gasteiger partial charge in [0.15, 0.2) is 11.5 Å². The SMILES string of the molecule is CC(C)CCOC(=O)Cc1cc(C(=NO)c2ccc(OCCC(C)C)c(OCCC(C)C)c2)ccc1OCCC(C)C. The minimum absolute atomic E-state index is 0.0633. The topological polar surface area (TPSA) is 86.6 Å². The van der Waals surface area contributed by atoms with Crippen molar-refractivity contribution in [2.45, 2.75) is 87.5 Å². The first-order chi connectivity index (χ1) is 20.0. The molecule has 2 aromatic rings. The van der Waals surface area contributed by atoms with Crippen LogP contribution in [0, 0.1) is 23.7 Å². The standard InChI is InChI=1S/C35H53NO6/c1-24(2)13-17-39-31-11-9-28(21-30(31)23-34(37)42-20-16-27(7)8)35(36-38)29-10-12-32(40-18-14-25(3)4)33(22-29)41-19-15-26(5)6/h9-12,21-22,24-27,38H,13-20,23H2,1-8H3. The fourth-order valence-corrected chi connectivity index (χ4v) is 4.00. The van der Waals surface area contributed by atoms with E-state index in [-0.39, 0.29) is 12.4 Å². The van der Waals surface area contributed by atoms with Crippen LogP contribution in [0.5, 0.6) is 17.2 Å². The molecule has 0 bridgehead atoms. The molecule has 0 aliphatic heterocycles. The normalized spacial score (nSPS) is 12.0. The second-order valence-corrected chi connectivity index (χ2v) is 12.6. The minimum Gasteiger partial charge on any atom is -0.493 e. The van der Waals surface area contributed by atoms with Crippen molar-refractivity contribution in [2.75, 3.05) is 26.4 Å². The van der Waals surface area contributed by atoms with Crippen LogP contribution in [0.25, 0.3) is 0 Å². The fourth-order valence-electron chi connectivity index (χ4n) is 4.00. The predicted molar refractivity (Wildman–Crippen MR) is 169 cm³/mol. The fraction of sp³-hybridized carbons (Fsp3) is 0.600. The van der Waals surface area contributed by atoms with Gasteiger partial charge in [0.1, 0.15) is 11.5 Å². The van der Waals surface area contributed by atoms with Gasteiger partial charge >= 0.3 is 5.97 Å². The van der Waals surface area contributed by atoms with Crippen LogP contribution < -0.4 is 14.2 Å². The van der Waals surface area contributed by atoms with Crippen molar-refractivity contribution in [2.24, 2.45) is 28.8 Å². The zero-order valence-corrected chi connectivity index (χ0v) is 27.1. The molecule has 0 atom stereocenters. The molecule has 0 radical (unpaired) electrons. The maximum absolute atomic E-state index is 12.7. The van der Waals surface area contributed by atoms with Crippen molar-refractivity contribution >= 4 is 11.7 Å². The number of ether oxygens (including phenoxy) is 4. The first-order valence-electron chi connectivity index (χ1n) is 15.5. The van der Waals surface area contributed by atoms with E-state index in [1.165, 1.54) is 0 Å². The molecule has 0 unspecified atom stereocenters. The van der Waals surface area contributed by atoms with Crippen LogP contribution in [0.15, 0.2) is 41.6 Å². The molecule has 0 aliphatic carbocycles. The molecule has 234 valence electrons. The van der Waals surface area contributed by atoms with Gasteiger partial charge in [0.25, 0.3) is 0 Å². The molecule has 2 rings (SSSR count). The van der Waals surface area contributed by atoms with Crippen LogP contribution >= 0.6 is 0 Å². The van der Waals surface area contributed by atoms with E-state index < -0.39 is 0 Å². The van der Waals surface area contributed by atoms with E-state index in [2.05, 4.69) is 60.5 Å². The van der Waals surface area contributed by atoms with Crippen LogP contribution in [0.4, 0.5) is 0 Å². The molecule has 0 saturated carbocycles. The van der Waals surface area contributed by atoms with Crippen LogP contribution in [0.3, 0.4) is 0 Å². The lowest BCUT2D eigenvalue weighted by molar-refractivity contribution is -0.143. The van der Waals surface area contributed by atoms with E-state index in [0.717, 1.165) is 25.7 Å².